The lowest BCUT2D eigenvalue weighted by Crippen LogP contribution is -2.40. The number of rotatable bonds is 7. The molecule has 0 bridgehead atoms. The van der Waals surface area contributed by atoms with Gasteiger partial charge in [-0.3, -0.25) is 10.1 Å². The third-order valence-electron chi connectivity index (χ3n) is 5.60. The second kappa shape index (κ2) is 12.3. The Kier molecular flexibility index (Phi) is 9.13. The molecule has 1 saturated heterocycles. The van der Waals surface area contributed by atoms with E-state index < -0.39 is 21.9 Å². The Bertz CT molecular complexity index is 1430. The van der Waals surface area contributed by atoms with Crippen LogP contribution in [0.15, 0.2) is 58.8 Å². The van der Waals surface area contributed by atoms with E-state index >= 15 is 0 Å². The van der Waals surface area contributed by atoms with Crippen LogP contribution < -0.4 is 10.6 Å². The van der Waals surface area contributed by atoms with E-state index in [1.54, 1.807) is 36.6 Å². The van der Waals surface area contributed by atoms with Gasteiger partial charge in [0.05, 0.1) is 24.7 Å². The second-order valence-corrected chi connectivity index (χ2v) is 11.7. The van der Waals surface area contributed by atoms with Crippen LogP contribution >= 0.6 is 35.2 Å². The van der Waals surface area contributed by atoms with Crippen LogP contribution in [0.25, 0.3) is 11.1 Å². The Balaban J connectivity index is 1.47. The highest BCUT2D eigenvalue weighted by Gasteiger charge is 2.27. The van der Waals surface area contributed by atoms with Gasteiger partial charge in [-0.15, -0.1) is 11.3 Å². The third kappa shape index (κ3) is 6.40. The fraction of sp³-hybridized carbons (Fsp3) is 0.240. The predicted octanol–water partition coefficient (Wildman–Crippen LogP) is 4.39. The molecular weight excluding hydrogens is 570 g/mol. The fourth-order valence-corrected chi connectivity index (χ4v) is 6.48. The summed E-state index contributed by atoms with van der Waals surface area (Å²) in [5, 5.41) is 8.20. The van der Waals surface area contributed by atoms with Crippen molar-refractivity contribution in [2.75, 3.05) is 38.2 Å². The summed E-state index contributed by atoms with van der Waals surface area (Å²) < 4.78 is 37.4. The highest BCUT2D eigenvalue weighted by Crippen LogP contribution is 2.36. The number of halogens is 1. The molecule has 9 nitrogen and oxygen atoms in total. The van der Waals surface area contributed by atoms with Crippen molar-refractivity contribution in [3.8, 4) is 11.1 Å². The number of carbonyl (C=O) groups is 2. The summed E-state index contributed by atoms with van der Waals surface area (Å²) >= 11 is 12.5. The Morgan fingerprint density at radius 3 is 2.39 bits per heavy atom. The quantitative estimate of drug-likeness (QED) is 0.306. The van der Waals surface area contributed by atoms with Crippen LogP contribution in [0.3, 0.4) is 0 Å². The molecule has 1 amide bonds. The Hall–Kier alpha value is -2.87. The lowest BCUT2D eigenvalue weighted by molar-refractivity contribution is 0.0529. The average molecular weight is 594 g/mol. The zero-order valence-corrected chi connectivity index (χ0v) is 23.4. The summed E-state index contributed by atoms with van der Waals surface area (Å²) in [6, 6.07) is 12.6. The number of ether oxygens (including phenoxy) is 2. The zero-order valence-electron chi connectivity index (χ0n) is 20.2. The first kappa shape index (κ1) is 28.1. The number of amides is 1. The van der Waals surface area contributed by atoms with Crippen molar-refractivity contribution in [1.29, 1.82) is 0 Å². The lowest BCUT2D eigenvalue weighted by atomic mass is 10.0. The Labute approximate surface area is 234 Å². The van der Waals surface area contributed by atoms with Crippen molar-refractivity contribution in [1.82, 2.24) is 9.62 Å². The standard InChI is InChI=1S/C25H24ClN3O6S3/c1-2-35-24(31)21-20(16-3-7-18(26)8-4-16)15-37-23(21)28-25(36)27-22(30)17-5-9-19(10-6-17)38(32,33)29-11-13-34-14-12-29/h3-10,15H,2,11-14H2,1H3,(H2,27,28,30,36). The van der Waals surface area contributed by atoms with Crippen molar-refractivity contribution in [3.05, 3.63) is 70.1 Å². The molecule has 38 heavy (non-hydrogen) atoms. The summed E-state index contributed by atoms with van der Waals surface area (Å²) in [6.07, 6.45) is 0. The molecule has 0 aliphatic carbocycles. The van der Waals surface area contributed by atoms with E-state index in [0.29, 0.717) is 28.8 Å². The number of thiophene rings is 1. The number of morpholine rings is 1. The van der Waals surface area contributed by atoms with Gasteiger partial charge in [-0.25, -0.2) is 13.2 Å². The van der Waals surface area contributed by atoms with Gasteiger partial charge in [0.15, 0.2) is 5.11 Å². The molecule has 1 fully saturated rings. The SMILES string of the molecule is CCOC(=O)c1c(-c2ccc(Cl)cc2)csc1NC(=S)NC(=O)c1ccc(S(=O)(=O)N2CCOCC2)cc1. The lowest BCUT2D eigenvalue weighted by Gasteiger charge is -2.26. The zero-order chi connectivity index (χ0) is 27.3. The average Bonchev–Trinajstić information content (AvgIpc) is 3.33. The van der Waals surface area contributed by atoms with Crippen molar-refractivity contribution < 1.29 is 27.5 Å². The molecule has 2 aromatic carbocycles. The Morgan fingerprint density at radius 1 is 1.11 bits per heavy atom. The van der Waals surface area contributed by atoms with E-state index in [0.717, 1.165) is 5.56 Å². The molecule has 0 radical (unpaired) electrons. The number of nitrogens with one attached hydrogen (secondary N) is 2. The van der Waals surface area contributed by atoms with Crippen molar-refractivity contribution in [2.24, 2.45) is 0 Å². The van der Waals surface area contributed by atoms with Gasteiger partial charge in [0, 0.05) is 34.6 Å². The van der Waals surface area contributed by atoms with Crippen LogP contribution in [0.4, 0.5) is 5.00 Å². The summed E-state index contributed by atoms with van der Waals surface area (Å²) in [6.45, 7) is 3.14. The molecular formula is C25H24ClN3O6S3. The summed E-state index contributed by atoms with van der Waals surface area (Å²) in [4.78, 5) is 25.6. The first-order chi connectivity index (χ1) is 18.2. The first-order valence-corrected chi connectivity index (χ1v) is 14.7. The van der Waals surface area contributed by atoms with E-state index in [4.69, 9.17) is 33.3 Å². The van der Waals surface area contributed by atoms with Crippen molar-refractivity contribution in [3.63, 3.8) is 0 Å². The smallest absolute Gasteiger partial charge is 0.341 e. The number of hydrogen-bond acceptors (Lipinski definition) is 8. The monoisotopic (exact) mass is 593 g/mol. The molecule has 2 N–H and O–H groups in total. The Morgan fingerprint density at radius 2 is 1.76 bits per heavy atom. The molecule has 1 aromatic heterocycles. The van der Waals surface area contributed by atoms with Gasteiger partial charge in [-0.2, -0.15) is 4.31 Å². The first-order valence-electron chi connectivity index (χ1n) is 11.6. The molecule has 200 valence electrons. The number of anilines is 1. The molecule has 0 atom stereocenters. The van der Waals surface area contributed by atoms with Crippen LogP contribution in [-0.4, -0.2) is 62.6 Å². The maximum absolute atomic E-state index is 12.8. The minimum Gasteiger partial charge on any atom is -0.462 e. The molecule has 0 unspecified atom stereocenters. The maximum Gasteiger partial charge on any atom is 0.341 e. The minimum atomic E-state index is -3.68. The van der Waals surface area contributed by atoms with Gasteiger partial charge in [0.1, 0.15) is 10.6 Å². The predicted molar refractivity (Wildman–Crippen MR) is 150 cm³/mol. The van der Waals surface area contributed by atoms with Crippen LogP contribution in [0.2, 0.25) is 5.02 Å². The molecule has 2 heterocycles. The molecule has 13 heteroatoms. The van der Waals surface area contributed by atoms with Crippen LogP contribution in [-0.2, 0) is 19.5 Å². The molecule has 1 aliphatic heterocycles. The number of esters is 1. The van der Waals surface area contributed by atoms with E-state index in [9.17, 15) is 18.0 Å². The molecule has 0 spiro atoms. The number of nitrogens with zero attached hydrogens (tertiary/aromatic N) is 1. The van der Waals surface area contributed by atoms with E-state index in [2.05, 4.69) is 10.6 Å². The van der Waals surface area contributed by atoms with Gasteiger partial charge < -0.3 is 14.8 Å². The van der Waals surface area contributed by atoms with Gasteiger partial charge >= 0.3 is 5.97 Å². The van der Waals surface area contributed by atoms with Gasteiger partial charge in [-0.1, -0.05) is 23.7 Å². The number of hydrogen-bond donors (Lipinski definition) is 2. The normalized spacial score (nSPS) is 14.1. The van der Waals surface area contributed by atoms with Crippen LogP contribution in [0.5, 0.6) is 0 Å². The summed E-state index contributed by atoms with van der Waals surface area (Å²) in [5.74, 6) is -1.07. The topological polar surface area (TPSA) is 114 Å². The number of thiocarbonyl (C=S) groups is 1. The molecule has 3 aromatic rings. The molecule has 1 aliphatic rings. The number of benzene rings is 2. The summed E-state index contributed by atoms with van der Waals surface area (Å²) in [7, 11) is -3.68. The fourth-order valence-electron chi connectivity index (χ4n) is 3.72. The van der Waals surface area contributed by atoms with Crippen molar-refractivity contribution in [2.45, 2.75) is 11.8 Å². The summed E-state index contributed by atoms with van der Waals surface area (Å²) in [5.41, 5.74) is 1.91. The number of sulfonamides is 1. The van der Waals surface area contributed by atoms with Gasteiger partial charge in [0.2, 0.25) is 10.0 Å². The highest BCUT2D eigenvalue weighted by atomic mass is 35.5. The number of carbonyl (C=O) groups excluding carboxylic acids is 2. The largest absolute Gasteiger partial charge is 0.462 e. The van der Waals surface area contributed by atoms with Crippen LogP contribution in [0, 0.1) is 0 Å². The van der Waals surface area contributed by atoms with Crippen LogP contribution in [0.1, 0.15) is 27.6 Å². The van der Waals surface area contributed by atoms with Crippen molar-refractivity contribution >= 4 is 67.2 Å². The maximum atomic E-state index is 12.8. The van der Waals surface area contributed by atoms with E-state index in [-0.39, 0.29) is 40.8 Å². The van der Waals surface area contributed by atoms with Gasteiger partial charge in [-0.05, 0) is 61.1 Å². The third-order valence-corrected chi connectivity index (χ3v) is 8.87. The highest BCUT2D eigenvalue weighted by molar-refractivity contribution is 7.89. The van der Waals surface area contributed by atoms with Gasteiger partial charge in [0.25, 0.3) is 5.91 Å². The van der Waals surface area contributed by atoms with E-state index in [1.807, 2.05) is 0 Å². The second-order valence-electron chi connectivity index (χ2n) is 8.03. The minimum absolute atomic E-state index is 0.0323. The molecule has 4 rings (SSSR count). The molecule has 0 saturated carbocycles. The van der Waals surface area contributed by atoms with E-state index in [1.165, 1.54) is 39.9 Å².